The Morgan fingerprint density at radius 3 is 2.56 bits per heavy atom. The third-order valence-electron chi connectivity index (χ3n) is 4.11. The van der Waals surface area contributed by atoms with Crippen LogP contribution in [-0.4, -0.2) is 17.9 Å². The zero-order chi connectivity index (χ0) is 11.5. The van der Waals surface area contributed by atoms with Crippen molar-refractivity contribution in [3.05, 3.63) is 34.9 Å². The van der Waals surface area contributed by atoms with Crippen molar-refractivity contribution in [2.75, 3.05) is 7.05 Å². The molecule has 1 spiro atoms. The summed E-state index contributed by atoms with van der Waals surface area (Å²) in [5.74, 6) is 0.727. The van der Waals surface area contributed by atoms with E-state index < -0.39 is 0 Å². The number of amides is 1. The molecule has 1 aromatic carbocycles. The summed E-state index contributed by atoms with van der Waals surface area (Å²) in [5, 5.41) is 0. The summed E-state index contributed by atoms with van der Waals surface area (Å²) in [4.78, 5) is 14.0. The van der Waals surface area contributed by atoms with Crippen LogP contribution in [0.2, 0.25) is 0 Å². The van der Waals surface area contributed by atoms with Gasteiger partial charge in [0.05, 0.1) is 5.54 Å². The van der Waals surface area contributed by atoms with Crippen molar-refractivity contribution in [3.63, 3.8) is 0 Å². The highest BCUT2D eigenvalue weighted by atomic mass is 16.2. The van der Waals surface area contributed by atoms with Crippen LogP contribution in [0.25, 0.3) is 0 Å². The van der Waals surface area contributed by atoms with Crippen molar-refractivity contribution in [3.8, 4) is 0 Å². The SMILES string of the molecule is CC(C)c1ccc2c(c1)C1(CC1)N(C)C2=O. The second kappa shape index (κ2) is 2.88. The van der Waals surface area contributed by atoms with E-state index in [0.29, 0.717) is 5.92 Å². The maximum absolute atomic E-state index is 12.1. The van der Waals surface area contributed by atoms with Gasteiger partial charge in [-0.15, -0.1) is 0 Å². The van der Waals surface area contributed by atoms with Gasteiger partial charge >= 0.3 is 0 Å². The Hall–Kier alpha value is -1.31. The molecule has 0 atom stereocenters. The molecule has 0 bridgehead atoms. The normalized spacial score (nSPS) is 20.8. The van der Waals surface area contributed by atoms with E-state index in [4.69, 9.17) is 0 Å². The van der Waals surface area contributed by atoms with Gasteiger partial charge in [0.2, 0.25) is 0 Å². The predicted octanol–water partition coefficient (Wildman–Crippen LogP) is 2.88. The zero-order valence-corrected chi connectivity index (χ0v) is 10.1. The average Bonchev–Trinajstić information content (AvgIpc) is 3.04. The Bertz CT molecular complexity index is 472. The molecule has 2 heteroatoms. The van der Waals surface area contributed by atoms with E-state index in [1.54, 1.807) is 0 Å². The van der Waals surface area contributed by atoms with Crippen molar-refractivity contribution < 1.29 is 4.79 Å². The topological polar surface area (TPSA) is 20.3 Å². The summed E-state index contributed by atoms with van der Waals surface area (Å²) in [6.07, 6.45) is 2.26. The molecule has 16 heavy (non-hydrogen) atoms. The lowest BCUT2D eigenvalue weighted by Gasteiger charge is -2.19. The lowest BCUT2D eigenvalue weighted by Crippen LogP contribution is -2.28. The second-order valence-electron chi connectivity index (χ2n) is 5.36. The van der Waals surface area contributed by atoms with Crippen molar-refractivity contribution >= 4 is 5.91 Å². The fraction of sp³-hybridized carbons (Fsp3) is 0.500. The Labute approximate surface area is 96.3 Å². The summed E-state index contributed by atoms with van der Waals surface area (Å²) >= 11 is 0. The standard InChI is InChI=1S/C14H17NO/c1-9(2)10-4-5-11-12(8-10)14(6-7-14)15(3)13(11)16/h4-5,8-9H,6-7H2,1-3H3. The molecular formula is C14H17NO. The Morgan fingerprint density at radius 2 is 2.00 bits per heavy atom. The van der Waals surface area contributed by atoms with E-state index >= 15 is 0 Å². The van der Waals surface area contributed by atoms with Crippen molar-refractivity contribution in [2.24, 2.45) is 0 Å². The first-order valence-corrected chi connectivity index (χ1v) is 5.99. The van der Waals surface area contributed by atoms with Crippen LogP contribution in [0.3, 0.4) is 0 Å². The third kappa shape index (κ3) is 1.05. The van der Waals surface area contributed by atoms with Gasteiger partial charge in [-0.05, 0) is 36.0 Å². The number of hydrogen-bond donors (Lipinski definition) is 0. The number of carbonyl (C=O) groups is 1. The van der Waals surface area contributed by atoms with Gasteiger partial charge in [0, 0.05) is 12.6 Å². The molecule has 2 aliphatic rings. The molecule has 0 saturated heterocycles. The third-order valence-corrected chi connectivity index (χ3v) is 4.11. The highest BCUT2D eigenvalue weighted by Gasteiger charge is 2.56. The quantitative estimate of drug-likeness (QED) is 0.705. The van der Waals surface area contributed by atoms with Crippen LogP contribution in [0.5, 0.6) is 0 Å². The van der Waals surface area contributed by atoms with E-state index in [1.165, 1.54) is 11.1 Å². The number of benzene rings is 1. The van der Waals surface area contributed by atoms with Crippen LogP contribution >= 0.6 is 0 Å². The Kier molecular flexibility index (Phi) is 1.78. The summed E-state index contributed by atoms with van der Waals surface area (Å²) in [7, 11) is 1.93. The zero-order valence-electron chi connectivity index (χ0n) is 10.1. The summed E-state index contributed by atoms with van der Waals surface area (Å²) in [6, 6.07) is 6.35. The van der Waals surface area contributed by atoms with Gasteiger partial charge in [-0.3, -0.25) is 4.79 Å². The minimum Gasteiger partial charge on any atom is -0.332 e. The number of rotatable bonds is 1. The van der Waals surface area contributed by atoms with E-state index in [2.05, 4.69) is 26.0 Å². The van der Waals surface area contributed by atoms with Gasteiger partial charge in [0.25, 0.3) is 5.91 Å². The van der Waals surface area contributed by atoms with E-state index in [1.807, 2.05) is 18.0 Å². The molecule has 0 aromatic heterocycles. The van der Waals surface area contributed by atoms with Crippen LogP contribution in [0.1, 0.15) is 54.1 Å². The molecule has 1 saturated carbocycles. The van der Waals surface area contributed by atoms with Crippen molar-refractivity contribution in [1.29, 1.82) is 0 Å². The van der Waals surface area contributed by atoms with Gasteiger partial charge in [-0.1, -0.05) is 26.0 Å². The minimum absolute atomic E-state index is 0.0668. The molecule has 1 aromatic rings. The summed E-state index contributed by atoms with van der Waals surface area (Å²) in [6.45, 7) is 4.39. The molecule has 0 N–H and O–H groups in total. The first-order valence-electron chi connectivity index (χ1n) is 5.99. The highest BCUT2D eigenvalue weighted by molar-refractivity contribution is 6.00. The van der Waals surface area contributed by atoms with Gasteiger partial charge in [0.1, 0.15) is 0 Å². The predicted molar refractivity (Wildman–Crippen MR) is 63.5 cm³/mol. The van der Waals surface area contributed by atoms with Crippen LogP contribution in [0.4, 0.5) is 0 Å². The van der Waals surface area contributed by atoms with Gasteiger partial charge in [0.15, 0.2) is 0 Å². The second-order valence-corrected chi connectivity index (χ2v) is 5.36. The smallest absolute Gasteiger partial charge is 0.254 e. The summed E-state index contributed by atoms with van der Waals surface area (Å²) in [5.41, 5.74) is 3.60. The maximum atomic E-state index is 12.1. The lowest BCUT2D eigenvalue weighted by molar-refractivity contribution is 0.0755. The molecule has 0 unspecified atom stereocenters. The van der Waals surface area contributed by atoms with Gasteiger partial charge in [-0.2, -0.15) is 0 Å². The Morgan fingerprint density at radius 1 is 1.31 bits per heavy atom. The maximum Gasteiger partial charge on any atom is 0.254 e. The minimum atomic E-state index is 0.0668. The van der Waals surface area contributed by atoms with Crippen molar-refractivity contribution in [1.82, 2.24) is 4.90 Å². The van der Waals surface area contributed by atoms with E-state index in [0.717, 1.165) is 18.4 Å². The molecule has 2 nitrogen and oxygen atoms in total. The van der Waals surface area contributed by atoms with Gasteiger partial charge in [-0.25, -0.2) is 0 Å². The molecule has 3 rings (SSSR count). The first-order chi connectivity index (χ1) is 7.56. The van der Waals surface area contributed by atoms with E-state index in [-0.39, 0.29) is 11.4 Å². The number of fused-ring (bicyclic) bond motifs is 2. The molecule has 1 amide bonds. The fourth-order valence-corrected chi connectivity index (χ4v) is 2.77. The largest absolute Gasteiger partial charge is 0.332 e. The lowest BCUT2D eigenvalue weighted by atomic mass is 9.95. The van der Waals surface area contributed by atoms with Gasteiger partial charge < -0.3 is 4.90 Å². The van der Waals surface area contributed by atoms with Crippen LogP contribution in [0.15, 0.2) is 18.2 Å². The molecule has 84 valence electrons. The first kappa shape index (κ1) is 9.88. The number of carbonyl (C=O) groups excluding carboxylic acids is 1. The van der Waals surface area contributed by atoms with Crippen LogP contribution < -0.4 is 0 Å². The van der Waals surface area contributed by atoms with Crippen LogP contribution in [-0.2, 0) is 5.54 Å². The number of hydrogen-bond acceptors (Lipinski definition) is 1. The Balaban J connectivity index is 2.17. The monoisotopic (exact) mass is 215 g/mol. The molecule has 0 radical (unpaired) electrons. The van der Waals surface area contributed by atoms with E-state index in [9.17, 15) is 4.79 Å². The number of nitrogens with zero attached hydrogens (tertiary/aromatic N) is 1. The molecule has 1 aliphatic heterocycles. The summed E-state index contributed by atoms with van der Waals surface area (Å²) < 4.78 is 0. The van der Waals surface area contributed by atoms with Crippen LogP contribution in [0, 0.1) is 0 Å². The molecule has 1 heterocycles. The molecule has 1 aliphatic carbocycles. The molecular weight excluding hydrogens is 198 g/mol. The molecule has 1 fully saturated rings. The fourth-order valence-electron chi connectivity index (χ4n) is 2.77. The van der Waals surface area contributed by atoms with Crippen molar-refractivity contribution in [2.45, 2.75) is 38.1 Å². The average molecular weight is 215 g/mol. The highest BCUT2D eigenvalue weighted by Crippen LogP contribution is 2.55.